The molecule has 1 aliphatic rings. The van der Waals surface area contributed by atoms with Crippen LogP contribution < -0.4 is 4.90 Å². The van der Waals surface area contributed by atoms with Gasteiger partial charge in [0.2, 0.25) is 5.91 Å². The largest absolute Gasteiger partial charge is 0.481 e. The van der Waals surface area contributed by atoms with Crippen LogP contribution in [0.3, 0.4) is 0 Å². The van der Waals surface area contributed by atoms with E-state index < -0.39 is 17.8 Å². The zero-order chi connectivity index (χ0) is 11.9. The number of rotatable bonds is 2. The lowest BCUT2D eigenvalue weighted by atomic mass is 9.98. The second kappa shape index (κ2) is 3.96. The number of anilines is 1. The number of aliphatic carboxylic acids is 1. The van der Waals surface area contributed by atoms with Crippen molar-refractivity contribution in [1.29, 1.82) is 0 Å². The number of hydrogen-bond acceptors (Lipinski definition) is 2. The third-order valence-corrected chi connectivity index (χ3v) is 3.18. The van der Waals surface area contributed by atoms with Crippen LogP contribution in [-0.2, 0) is 9.59 Å². The number of carboxylic acids is 1. The SMILES string of the molecule is O=C(O)C1CN(c2ccc(Cl)c(Cl)c2)C1=O. The number of carbonyl (C=O) groups is 2. The second-order valence-electron chi connectivity index (χ2n) is 3.44. The van der Waals surface area contributed by atoms with Gasteiger partial charge in [-0.15, -0.1) is 0 Å². The molecular weight excluding hydrogens is 253 g/mol. The van der Waals surface area contributed by atoms with Gasteiger partial charge in [0.25, 0.3) is 0 Å². The first kappa shape index (κ1) is 11.2. The maximum absolute atomic E-state index is 11.5. The van der Waals surface area contributed by atoms with E-state index in [1.807, 2.05) is 0 Å². The van der Waals surface area contributed by atoms with Crippen LogP contribution >= 0.6 is 23.2 Å². The molecule has 1 fully saturated rings. The van der Waals surface area contributed by atoms with E-state index in [2.05, 4.69) is 0 Å². The Morgan fingerprint density at radius 3 is 2.56 bits per heavy atom. The maximum Gasteiger partial charge on any atom is 0.317 e. The highest BCUT2D eigenvalue weighted by Gasteiger charge is 2.42. The van der Waals surface area contributed by atoms with E-state index in [0.717, 1.165) is 0 Å². The zero-order valence-electron chi connectivity index (χ0n) is 7.98. The third-order valence-electron chi connectivity index (χ3n) is 2.44. The Bertz CT molecular complexity index is 475. The predicted octanol–water partition coefficient (Wildman–Crippen LogP) is 2.04. The summed E-state index contributed by atoms with van der Waals surface area (Å²) in [6.45, 7) is 0.173. The average Bonchev–Trinajstić information content (AvgIpc) is 2.20. The van der Waals surface area contributed by atoms with Gasteiger partial charge in [0.05, 0.1) is 10.0 Å². The summed E-state index contributed by atoms with van der Waals surface area (Å²) in [6, 6.07) is 4.74. The van der Waals surface area contributed by atoms with Gasteiger partial charge in [0.15, 0.2) is 5.92 Å². The summed E-state index contributed by atoms with van der Waals surface area (Å²) >= 11 is 11.5. The van der Waals surface area contributed by atoms with Crippen LogP contribution in [0.5, 0.6) is 0 Å². The molecule has 0 spiro atoms. The van der Waals surface area contributed by atoms with Crippen LogP contribution in [0.2, 0.25) is 10.0 Å². The first-order valence-corrected chi connectivity index (χ1v) is 5.25. The van der Waals surface area contributed by atoms with E-state index >= 15 is 0 Å². The molecule has 4 nitrogen and oxygen atoms in total. The highest BCUT2D eigenvalue weighted by molar-refractivity contribution is 6.42. The topological polar surface area (TPSA) is 57.6 Å². The van der Waals surface area contributed by atoms with Gasteiger partial charge in [0, 0.05) is 12.2 Å². The number of benzene rings is 1. The van der Waals surface area contributed by atoms with Crippen molar-refractivity contribution in [2.75, 3.05) is 11.4 Å². The molecule has 0 radical (unpaired) electrons. The first-order chi connectivity index (χ1) is 7.50. The molecule has 1 saturated heterocycles. The summed E-state index contributed by atoms with van der Waals surface area (Å²) in [4.78, 5) is 23.4. The molecule has 1 aliphatic heterocycles. The van der Waals surface area contributed by atoms with Gasteiger partial charge in [-0.05, 0) is 18.2 Å². The monoisotopic (exact) mass is 259 g/mol. The summed E-state index contributed by atoms with van der Waals surface area (Å²) in [5.41, 5.74) is 0.567. The summed E-state index contributed by atoms with van der Waals surface area (Å²) < 4.78 is 0. The number of carbonyl (C=O) groups excluding carboxylic acids is 1. The molecule has 1 aromatic carbocycles. The van der Waals surface area contributed by atoms with Crippen molar-refractivity contribution >= 4 is 40.8 Å². The Labute approximate surface area is 101 Å². The number of nitrogens with zero attached hydrogens (tertiary/aromatic N) is 1. The van der Waals surface area contributed by atoms with Crippen molar-refractivity contribution in [3.63, 3.8) is 0 Å². The Morgan fingerprint density at radius 2 is 2.06 bits per heavy atom. The maximum atomic E-state index is 11.5. The molecule has 1 amide bonds. The van der Waals surface area contributed by atoms with Gasteiger partial charge < -0.3 is 10.0 Å². The molecule has 1 unspecified atom stereocenters. The number of carboxylic acid groups (broad SMARTS) is 1. The number of amides is 1. The van der Waals surface area contributed by atoms with Crippen molar-refractivity contribution in [3.05, 3.63) is 28.2 Å². The lowest BCUT2D eigenvalue weighted by Gasteiger charge is -2.36. The second-order valence-corrected chi connectivity index (χ2v) is 4.25. The van der Waals surface area contributed by atoms with Crippen LogP contribution in [0.25, 0.3) is 0 Å². The number of hydrogen-bond donors (Lipinski definition) is 1. The fourth-order valence-electron chi connectivity index (χ4n) is 1.50. The average molecular weight is 260 g/mol. The molecule has 0 bridgehead atoms. The van der Waals surface area contributed by atoms with E-state index in [-0.39, 0.29) is 6.54 Å². The quantitative estimate of drug-likeness (QED) is 0.653. The molecule has 16 heavy (non-hydrogen) atoms. The van der Waals surface area contributed by atoms with Gasteiger partial charge in [-0.1, -0.05) is 23.2 Å². The smallest absolute Gasteiger partial charge is 0.317 e. The third kappa shape index (κ3) is 1.74. The molecule has 1 N–H and O–H groups in total. The Balaban J connectivity index is 2.19. The molecule has 6 heteroatoms. The highest BCUT2D eigenvalue weighted by atomic mass is 35.5. The van der Waals surface area contributed by atoms with Crippen LogP contribution in [-0.4, -0.2) is 23.5 Å². The van der Waals surface area contributed by atoms with E-state index in [1.165, 1.54) is 4.90 Å². The fourth-order valence-corrected chi connectivity index (χ4v) is 1.79. The van der Waals surface area contributed by atoms with Gasteiger partial charge in [-0.3, -0.25) is 9.59 Å². The minimum Gasteiger partial charge on any atom is -0.481 e. The van der Waals surface area contributed by atoms with Crippen molar-refractivity contribution < 1.29 is 14.7 Å². The zero-order valence-corrected chi connectivity index (χ0v) is 9.50. The van der Waals surface area contributed by atoms with Crippen LogP contribution in [0.1, 0.15) is 0 Å². The van der Waals surface area contributed by atoms with Crippen molar-refractivity contribution in [3.8, 4) is 0 Å². The molecule has 0 saturated carbocycles. The first-order valence-electron chi connectivity index (χ1n) is 4.50. The molecule has 1 atom stereocenters. The molecular formula is C10H7Cl2NO3. The van der Waals surface area contributed by atoms with Gasteiger partial charge in [0.1, 0.15) is 0 Å². The molecule has 1 aromatic rings. The van der Waals surface area contributed by atoms with Gasteiger partial charge in [-0.2, -0.15) is 0 Å². The molecule has 84 valence electrons. The fraction of sp³-hybridized carbons (Fsp3) is 0.200. The van der Waals surface area contributed by atoms with E-state index in [9.17, 15) is 9.59 Å². The van der Waals surface area contributed by atoms with E-state index in [4.69, 9.17) is 28.3 Å². The standard InChI is InChI=1S/C10H7Cl2NO3/c11-7-2-1-5(3-8(7)12)13-4-6(9(13)14)10(15)16/h1-3,6H,4H2,(H,15,16). The predicted molar refractivity (Wildman–Crippen MR) is 59.9 cm³/mol. The minimum absolute atomic E-state index is 0.173. The lowest BCUT2D eigenvalue weighted by molar-refractivity contribution is -0.149. The minimum atomic E-state index is -1.10. The Hall–Kier alpha value is -1.26. The van der Waals surface area contributed by atoms with E-state index in [0.29, 0.717) is 15.7 Å². The normalized spacial score (nSPS) is 19.5. The van der Waals surface area contributed by atoms with Crippen molar-refractivity contribution in [2.24, 2.45) is 5.92 Å². The van der Waals surface area contributed by atoms with Crippen molar-refractivity contribution in [2.45, 2.75) is 0 Å². The van der Waals surface area contributed by atoms with Gasteiger partial charge in [-0.25, -0.2) is 0 Å². The van der Waals surface area contributed by atoms with Crippen molar-refractivity contribution in [1.82, 2.24) is 0 Å². The van der Waals surface area contributed by atoms with Crippen LogP contribution in [0.15, 0.2) is 18.2 Å². The number of halogens is 2. The summed E-state index contributed by atoms with van der Waals surface area (Å²) in [5, 5.41) is 9.41. The van der Waals surface area contributed by atoms with E-state index in [1.54, 1.807) is 18.2 Å². The summed E-state index contributed by atoms with van der Waals surface area (Å²) in [5.74, 6) is -2.46. The Morgan fingerprint density at radius 1 is 1.38 bits per heavy atom. The van der Waals surface area contributed by atoms with Gasteiger partial charge >= 0.3 is 5.97 Å². The van der Waals surface area contributed by atoms with Crippen LogP contribution in [0, 0.1) is 5.92 Å². The highest BCUT2D eigenvalue weighted by Crippen LogP contribution is 2.31. The molecule has 2 rings (SSSR count). The van der Waals surface area contributed by atoms with Crippen LogP contribution in [0.4, 0.5) is 5.69 Å². The molecule has 0 aromatic heterocycles. The summed E-state index contributed by atoms with van der Waals surface area (Å²) in [6.07, 6.45) is 0. The number of β-lactam (4-membered cyclic amide) rings is 1. The molecule has 1 heterocycles. The Kier molecular flexibility index (Phi) is 2.78. The lowest BCUT2D eigenvalue weighted by Crippen LogP contribution is -2.56. The molecule has 0 aliphatic carbocycles. The summed E-state index contributed by atoms with van der Waals surface area (Å²) in [7, 11) is 0.